The first-order chi connectivity index (χ1) is 8.69. The minimum atomic E-state index is -4.80. The van der Waals surface area contributed by atoms with Gasteiger partial charge in [0.25, 0.3) is 5.91 Å². The zero-order chi connectivity index (χ0) is 14.6. The van der Waals surface area contributed by atoms with Gasteiger partial charge in [-0.3, -0.25) is 9.59 Å². The van der Waals surface area contributed by atoms with Gasteiger partial charge in [-0.15, -0.1) is 13.2 Å². The van der Waals surface area contributed by atoms with Gasteiger partial charge in [0.1, 0.15) is 12.3 Å². The molecule has 0 heterocycles. The third-order valence-corrected chi connectivity index (χ3v) is 2.05. The predicted octanol–water partition coefficient (Wildman–Crippen LogP) is 1.74. The lowest BCUT2D eigenvalue weighted by molar-refractivity contribution is -0.274. The molecule has 1 amide bonds. The Morgan fingerprint density at radius 3 is 2.21 bits per heavy atom. The number of halogens is 3. The highest BCUT2D eigenvalue weighted by Gasteiger charge is 2.31. The fourth-order valence-corrected chi connectivity index (χ4v) is 1.29. The molecule has 0 aliphatic heterocycles. The molecule has 0 saturated heterocycles. The summed E-state index contributed by atoms with van der Waals surface area (Å²) in [5.41, 5.74) is 0.0678. The summed E-state index contributed by atoms with van der Waals surface area (Å²) >= 11 is 0. The van der Waals surface area contributed by atoms with Crippen molar-refractivity contribution in [2.24, 2.45) is 0 Å². The first-order valence-corrected chi connectivity index (χ1v) is 5.02. The summed E-state index contributed by atoms with van der Waals surface area (Å²) in [6, 6.07) is 4.22. The van der Waals surface area contributed by atoms with E-state index in [4.69, 9.17) is 5.11 Å². The Hall–Kier alpha value is -2.25. The van der Waals surface area contributed by atoms with Crippen LogP contribution in [0.2, 0.25) is 0 Å². The third-order valence-electron chi connectivity index (χ3n) is 2.05. The lowest BCUT2D eigenvalue weighted by Gasteiger charge is -2.15. The van der Waals surface area contributed by atoms with E-state index in [-0.39, 0.29) is 5.56 Å². The number of ether oxygens (including phenoxy) is 1. The van der Waals surface area contributed by atoms with Crippen molar-refractivity contribution in [1.82, 2.24) is 4.90 Å². The highest BCUT2D eigenvalue weighted by atomic mass is 19.4. The van der Waals surface area contributed by atoms with Crippen LogP contribution in [0.3, 0.4) is 0 Å². The Bertz CT molecular complexity index is 470. The monoisotopic (exact) mass is 277 g/mol. The van der Waals surface area contributed by atoms with Crippen LogP contribution in [0.4, 0.5) is 13.2 Å². The minimum Gasteiger partial charge on any atom is -0.480 e. The lowest BCUT2D eigenvalue weighted by atomic mass is 10.2. The first kappa shape index (κ1) is 14.8. The number of rotatable bonds is 4. The Morgan fingerprint density at radius 1 is 1.26 bits per heavy atom. The quantitative estimate of drug-likeness (QED) is 0.910. The molecule has 1 N–H and O–H groups in total. The zero-order valence-corrected chi connectivity index (χ0v) is 9.77. The lowest BCUT2D eigenvalue weighted by Crippen LogP contribution is -2.31. The van der Waals surface area contributed by atoms with Crippen LogP contribution in [0.5, 0.6) is 5.75 Å². The van der Waals surface area contributed by atoms with E-state index in [0.29, 0.717) is 0 Å². The van der Waals surface area contributed by atoms with E-state index in [0.717, 1.165) is 29.2 Å². The maximum Gasteiger partial charge on any atom is 0.573 e. The SMILES string of the molecule is CN(CC(=O)O)C(=O)c1ccc(OC(F)(F)F)cc1. The number of carbonyl (C=O) groups excluding carboxylic acids is 1. The summed E-state index contributed by atoms with van der Waals surface area (Å²) in [5, 5.41) is 8.51. The molecule has 0 fully saturated rings. The standard InChI is InChI=1S/C11H10F3NO4/c1-15(6-9(16)17)10(18)7-2-4-8(5-3-7)19-11(12,13)14/h2-5H,6H2,1H3,(H,16,17). The van der Waals surface area contributed by atoms with Gasteiger partial charge in [0.15, 0.2) is 0 Å². The zero-order valence-electron chi connectivity index (χ0n) is 9.77. The highest BCUT2D eigenvalue weighted by Crippen LogP contribution is 2.22. The number of hydrogen-bond donors (Lipinski definition) is 1. The van der Waals surface area contributed by atoms with Crippen molar-refractivity contribution in [2.75, 3.05) is 13.6 Å². The van der Waals surface area contributed by atoms with E-state index in [1.807, 2.05) is 0 Å². The number of carbonyl (C=O) groups is 2. The van der Waals surface area contributed by atoms with Gasteiger partial charge in [-0.1, -0.05) is 0 Å². The van der Waals surface area contributed by atoms with Gasteiger partial charge in [0.05, 0.1) is 0 Å². The highest BCUT2D eigenvalue weighted by molar-refractivity contribution is 5.95. The molecule has 5 nitrogen and oxygen atoms in total. The molecular formula is C11H10F3NO4. The number of likely N-dealkylation sites (N-methyl/N-ethyl adjacent to an activating group) is 1. The molecule has 19 heavy (non-hydrogen) atoms. The van der Waals surface area contributed by atoms with E-state index >= 15 is 0 Å². The average Bonchev–Trinajstić information content (AvgIpc) is 2.26. The number of alkyl halides is 3. The van der Waals surface area contributed by atoms with E-state index in [1.165, 1.54) is 7.05 Å². The van der Waals surface area contributed by atoms with E-state index < -0.39 is 30.5 Å². The van der Waals surface area contributed by atoms with E-state index in [2.05, 4.69) is 4.74 Å². The molecule has 0 aliphatic carbocycles. The normalized spacial score (nSPS) is 10.9. The van der Waals surface area contributed by atoms with Crippen LogP contribution in [0.25, 0.3) is 0 Å². The third kappa shape index (κ3) is 4.86. The van der Waals surface area contributed by atoms with Crippen molar-refractivity contribution in [3.63, 3.8) is 0 Å². The Balaban J connectivity index is 2.76. The summed E-state index contributed by atoms with van der Waals surface area (Å²) in [5.74, 6) is -2.25. The molecule has 0 aliphatic rings. The fourth-order valence-electron chi connectivity index (χ4n) is 1.29. The first-order valence-electron chi connectivity index (χ1n) is 5.02. The summed E-state index contributed by atoms with van der Waals surface area (Å²) in [6.45, 7) is -0.500. The van der Waals surface area contributed by atoms with Gasteiger partial charge < -0.3 is 14.7 Å². The smallest absolute Gasteiger partial charge is 0.480 e. The molecular weight excluding hydrogens is 267 g/mol. The molecule has 1 rings (SSSR count). The number of amides is 1. The van der Waals surface area contributed by atoms with Gasteiger partial charge in [0.2, 0.25) is 0 Å². The number of aliphatic carboxylic acids is 1. The van der Waals surface area contributed by atoms with Crippen LogP contribution >= 0.6 is 0 Å². The van der Waals surface area contributed by atoms with Crippen LogP contribution in [0.1, 0.15) is 10.4 Å². The second-order valence-electron chi connectivity index (χ2n) is 3.63. The maximum absolute atomic E-state index is 11.9. The van der Waals surface area contributed by atoms with Crippen LogP contribution < -0.4 is 4.74 Å². The van der Waals surface area contributed by atoms with Crippen molar-refractivity contribution >= 4 is 11.9 Å². The number of nitrogens with zero attached hydrogens (tertiary/aromatic N) is 1. The fraction of sp³-hybridized carbons (Fsp3) is 0.273. The van der Waals surface area contributed by atoms with Crippen molar-refractivity contribution < 1.29 is 32.6 Å². The number of benzene rings is 1. The van der Waals surface area contributed by atoms with Crippen molar-refractivity contribution in [2.45, 2.75) is 6.36 Å². The van der Waals surface area contributed by atoms with E-state index in [9.17, 15) is 22.8 Å². The largest absolute Gasteiger partial charge is 0.573 e. The van der Waals surface area contributed by atoms with Gasteiger partial charge in [-0.05, 0) is 24.3 Å². The number of carboxylic acids is 1. The summed E-state index contributed by atoms with van der Waals surface area (Å²) < 4.78 is 39.4. The van der Waals surface area contributed by atoms with Crippen molar-refractivity contribution in [3.8, 4) is 5.75 Å². The summed E-state index contributed by atoms with van der Waals surface area (Å²) in [4.78, 5) is 23.0. The van der Waals surface area contributed by atoms with Gasteiger partial charge in [-0.2, -0.15) is 0 Å². The second-order valence-corrected chi connectivity index (χ2v) is 3.63. The molecule has 1 aromatic carbocycles. The topological polar surface area (TPSA) is 66.8 Å². The van der Waals surface area contributed by atoms with Crippen LogP contribution in [0.15, 0.2) is 24.3 Å². The number of hydrogen-bond acceptors (Lipinski definition) is 3. The van der Waals surface area contributed by atoms with Gasteiger partial charge >= 0.3 is 12.3 Å². The van der Waals surface area contributed by atoms with Gasteiger partial charge in [-0.25, -0.2) is 0 Å². The Kier molecular flexibility index (Phi) is 4.36. The van der Waals surface area contributed by atoms with Crippen LogP contribution in [-0.4, -0.2) is 41.8 Å². The molecule has 0 saturated carbocycles. The molecule has 0 spiro atoms. The van der Waals surface area contributed by atoms with Crippen LogP contribution in [-0.2, 0) is 4.79 Å². The van der Waals surface area contributed by atoms with Crippen LogP contribution in [0, 0.1) is 0 Å². The minimum absolute atomic E-state index is 0.0678. The van der Waals surface area contributed by atoms with Crippen molar-refractivity contribution in [3.05, 3.63) is 29.8 Å². The Morgan fingerprint density at radius 2 is 1.79 bits per heavy atom. The predicted molar refractivity (Wildman–Crippen MR) is 57.7 cm³/mol. The molecule has 0 aromatic heterocycles. The molecule has 104 valence electrons. The Labute approximate surface area is 106 Å². The molecule has 1 aromatic rings. The van der Waals surface area contributed by atoms with Crippen molar-refractivity contribution in [1.29, 1.82) is 0 Å². The molecule has 0 bridgehead atoms. The molecule has 8 heteroatoms. The number of carboxylic acid groups (broad SMARTS) is 1. The summed E-state index contributed by atoms with van der Waals surface area (Å²) in [6.07, 6.45) is -4.80. The summed E-state index contributed by atoms with van der Waals surface area (Å²) in [7, 11) is 1.27. The van der Waals surface area contributed by atoms with E-state index in [1.54, 1.807) is 0 Å². The van der Waals surface area contributed by atoms with Gasteiger partial charge in [0, 0.05) is 12.6 Å². The molecule has 0 radical (unpaired) electrons. The second kappa shape index (κ2) is 5.59. The average molecular weight is 277 g/mol. The molecule has 0 atom stereocenters. The molecule has 0 unspecified atom stereocenters. The maximum atomic E-state index is 11.9.